The van der Waals surface area contributed by atoms with Crippen molar-refractivity contribution >= 4 is 0 Å². The fraction of sp³-hybridized carbons (Fsp3) is 1.00. The molecule has 1 spiro atoms. The molecule has 0 aromatic rings. The minimum atomic E-state index is -2.15. The minimum Gasteiger partial charge on any atom is -0.394 e. The lowest BCUT2D eigenvalue weighted by atomic mass is 9.44. The van der Waals surface area contributed by atoms with Crippen molar-refractivity contribution in [3.05, 3.63) is 0 Å². The van der Waals surface area contributed by atoms with Gasteiger partial charge >= 0.3 is 0 Å². The quantitative estimate of drug-likeness (QED) is 0.0736. The summed E-state index contributed by atoms with van der Waals surface area (Å²) in [4.78, 5) is 0. The van der Waals surface area contributed by atoms with E-state index in [1.165, 1.54) is 6.92 Å². The van der Waals surface area contributed by atoms with Crippen LogP contribution in [0.1, 0.15) is 98.8 Å². The third-order valence-corrected chi connectivity index (χ3v) is 22.5. The van der Waals surface area contributed by atoms with Gasteiger partial charge in [-0.05, 0) is 111 Å². The predicted octanol–water partition coefficient (Wildman–Crippen LogP) is -4.06. The van der Waals surface area contributed by atoms with E-state index in [1.807, 2.05) is 0 Å². The Kier molecular flexibility index (Phi) is 19.3. The zero-order chi connectivity index (χ0) is 60.2. The van der Waals surface area contributed by atoms with E-state index in [0.29, 0.717) is 54.3 Å². The largest absolute Gasteiger partial charge is 0.394 e. The third kappa shape index (κ3) is 11.2. The SMILES string of the molecule is C[C@H]1CC[C@@]2(OC1)O[C@H]1C[C@H]3[C@@H]4CC[C@H]5C[C@@H](O[C@@H]6O[C@H](CO)[C@H](O[C@@H]7O[C@H](CO)[C@@H](O)[C@H](O[C@@H]8O[C@H](CO)[C@@H](O[C@@H]9O[C@@H](C)[C@H](O)[C@@H](O)[C@H]9O)[C@H](O)[C@H]8O)[C@H]7O[C@@H]7O[C@H](CO)[C@@H](O)[C@H](O)[C@H]7O)[C@H](O)[C@H]6O)CC[C@]5(C)[C@H]4CC[C@]3(C)[C@H]1[C@@H]2C. The molecular weight excluding hydrogens is 1120 g/mol. The topological polar surface area (TPSA) is 414 Å². The van der Waals surface area contributed by atoms with E-state index in [9.17, 15) is 76.6 Å². The fourth-order valence-corrected chi connectivity index (χ4v) is 17.6. The second kappa shape index (κ2) is 25.2. The van der Waals surface area contributed by atoms with Crippen molar-refractivity contribution in [1.29, 1.82) is 0 Å². The molecule has 0 unspecified atom stereocenters. The molecule has 484 valence electrons. The van der Waals surface area contributed by atoms with Crippen LogP contribution in [0.15, 0.2) is 0 Å². The first kappa shape index (κ1) is 64.4. The van der Waals surface area contributed by atoms with Gasteiger partial charge in [-0.3, -0.25) is 0 Å². The highest BCUT2D eigenvalue weighted by atomic mass is 16.8. The summed E-state index contributed by atoms with van der Waals surface area (Å²) in [5.74, 6) is 2.83. The Morgan fingerprint density at radius 2 is 0.940 bits per heavy atom. The van der Waals surface area contributed by atoms with Gasteiger partial charge in [0.1, 0.15) is 116 Å². The molecule has 27 heteroatoms. The normalized spacial score (nSPS) is 57.7. The van der Waals surface area contributed by atoms with Crippen molar-refractivity contribution in [3.63, 3.8) is 0 Å². The first-order chi connectivity index (χ1) is 39.9. The van der Waals surface area contributed by atoms with Crippen LogP contribution < -0.4 is 0 Å². The van der Waals surface area contributed by atoms with Gasteiger partial charge in [-0.25, -0.2) is 0 Å². The first-order valence-corrected chi connectivity index (χ1v) is 30.7. The van der Waals surface area contributed by atoms with Gasteiger partial charge in [0.25, 0.3) is 0 Å². The number of rotatable bonds is 14. The maximum Gasteiger partial charge on any atom is 0.187 e. The molecule has 11 fully saturated rings. The van der Waals surface area contributed by atoms with E-state index in [1.54, 1.807) is 0 Å². The monoisotopic (exact) mass is 1210 g/mol. The van der Waals surface area contributed by atoms with Gasteiger partial charge in [0, 0.05) is 12.3 Å². The third-order valence-electron chi connectivity index (χ3n) is 22.5. The molecule has 0 aromatic heterocycles. The second-order valence-electron chi connectivity index (χ2n) is 27.1. The van der Waals surface area contributed by atoms with Crippen LogP contribution in [0.2, 0.25) is 0 Å². The lowest BCUT2D eigenvalue weighted by Gasteiger charge is -2.61. The summed E-state index contributed by atoms with van der Waals surface area (Å²) in [5.41, 5.74) is 0.222. The average Bonchev–Trinajstić information content (AvgIpc) is 1.52. The average molecular weight is 1210 g/mol. The zero-order valence-corrected chi connectivity index (χ0v) is 48.3. The molecular formula is C57H94O27. The first-order valence-electron chi connectivity index (χ1n) is 30.7. The van der Waals surface area contributed by atoms with Crippen LogP contribution in [-0.4, -0.2) is 281 Å². The number of fused-ring (bicyclic) bond motifs is 7. The van der Waals surface area contributed by atoms with Gasteiger partial charge in [0.05, 0.1) is 51.3 Å². The standard InChI is InChI=1S/C57H94O27/c1-21-8-13-57(73-20-21)22(2)34-29(84-57)15-28-26-7-6-24-14-25(9-11-55(24,4)27(26)10-12-56(28,34)5)75-51-44(71)40(67)47(33(19-61)78-51)81-54-49(83-52-43(70)39(66)36(63)30(16-58)76-52)48(37(64)31(17-59)77-54)82-53-45(72)41(68)46(32(18-60)79-53)80-50-42(69)38(65)35(62)23(3)74-50/h21-54,58-72H,6-20H2,1-5H3/t21-,22-,23-,24-,25-,26+,27-,28-,29-,30+,31+,32+,33+,34-,35-,36+,37+,38+,39-,40+,41+,42+,43+,44+,45+,46+,47-,48-,49+,50-,51+,52-,53-,54-,55-,56-,57+/m0/s1. The van der Waals surface area contributed by atoms with Crippen molar-refractivity contribution in [2.24, 2.45) is 52.3 Å². The van der Waals surface area contributed by atoms with Gasteiger partial charge in [-0.1, -0.05) is 27.7 Å². The van der Waals surface area contributed by atoms with E-state index in [4.69, 9.17) is 56.8 Å². The summed E-state index contributed by atoms with van der Waals surface area (Å²) in [5, 5.41) is 164. The number of hydrogen-bond acceptors (Lipinski definition) is 27. The molecule has 4 saturated carbocycles. The molecule has 4 aliphatic carbocycles. The highest BCUT2D eigenvalue weighted by Gasteiger charge is 2.70. The van der Waals surface area contributed by atoms with Gasteiger partial charge in [0.15, 0.2) is 37.2 Å². The molecule has 27 nitrogen and oxygen atoms in total. The molecule has 0 radical (unpaired) electrons. The second-order valence-corrected chi connectivity index (χ2v) is 27.1. The Morgan fingerprint density at radius 1 is 0.429 bits per heavy atom. The Labute approximate surface area is 487 Å². The fourth-order valence-electron chi connectivity index (χ4n) is 17.6. The van der Waals surface area contributed by atoms with Crippen LogP contribution in [0, 0.1) is 52.3 Å². The Morgan fingerprint density at radius 3 is 1.55 bits per heavy atom. The van der Waals surface area contributed by atoms with Crippen LogP contribution in [0.5, 0.6) is 0 Å². The summed E-state index contributed by atoms with van der Waals surface area (Å²) in [6, 6.07) is 0. The molecule has 11 rings (SSSR count). The van der Waals surface area contributed by atoms with Crippen molar-refractivity contribution < 1.29 is 133 Å². The van der Waals surface area contributed by atoms with Gasteiger partial charge in [-0.15, -0.1) is 0 Å². The number of hydrogen-bond donors (Lipinski definition) is 15. The summed E-state index contributed by atoms with van der Waals surface area (Å²) < 4.78 is 73.6. The smallest absolute Gasteiger partial charge is 0.187 e. The van der Waals surface area contributed by atoms with Gasteiger partial charge < -0.3 is 133 Å². The van der Waals surface area contributed by atoms with Crippen molar-refractivity contribution in [1.82, 2.24) is 0 Å². The maximum atomic E-state index is 12.0. The summed E-state index contributed by atoms with van der Waals surface area (Å²) in [6.07, 6.45) is -35.5. The van der Waals surface area contributed by atoms with Crippen molar-refractivity contribution in [3.8, 4) is 0 Å². The molecule has 84 heavy (non-hydrogen) atoms. The van der Waals surface area contributed by atoms with Crippen LogP contribution in [0.4, 0.5) is 0 Å². The number of aliphatic hydroxyl groups excluding tert-OH is 15. The van der Waals surface area contributed by atoms with E-state index in [-0.39, 0.29) is 23.0 Å². The molecule has 7 heterocycles. The Hall–Kier alpha value is -1.08. The van der Waals surface area contributed by atoms with Crippen LogP contribution >= 0.6 is 0 Å². The van der Waals surface area contributed by atoms with E-state index in [0.717, 1.165) is 58.0 Å². The summed E-state index contributed by atoms with van der Waals surface area (Å²) >= 11 is 0. The van der Waals surface area contributed by atoms with Crippen molar-refractivity contribution in [2.45, 2.75) is 270 Å². The molecule has 7 aliphatic heterocycles. The van der Waals surface area contributed by atoms with Gasteiger partial charge in [0.2, 0.25) is 0 Å². The van der Waals surface area contributed by atoms with E-state index >= 15 is 0 Å². The zero-order valence-electron chi connectivity index (χ0n) is 48.3. The molecule has 15 N–H and O–H groups in total. The molecule has 0 aromatic carbocycles. The van der Waals surface area contributed by atoms with E-state index < -0.39 is 186 Å². The highest BCUT2D eigenvalue weighted by molar-refractivity contribution is 5.16. The number of aliphatic hydroxyl groups is 15. The van der Waals surface area contributed by atoms with Crippen LogP contribution in [0.3, 0.4) is 0 Å². The molecule has 0 amide bonds. The minimum absolute atomic E-state index is 0.0507. The Balaban J connectivity index is 0.773. The molecule has 11 aliphatic rings. The number of ether oxygens (including phenoxy) is 12. The summed E-state index contributed by atoms with van der Waals surface area (Å²) in [7, 11) is 0. The van der Waals surface area contributed by atoms with Gasteiger partial charge in [-0.2, -0.15) is 0 Å². The summed E-state index contributed by atoms with van der Waals surface area (Å²) in [6.45, 7) is 8.05. The maximum absolute atomic E-state index is 12.0. The van der Waals surface area contributed by atoms with Crippen molar-refractivity contribution in [2.75, 3.05) is 33.0 Å². The lowest BCUT2D eigenvalue weighted by molar-refractivity contribution is -0.410. The molecule has 7 saturated heterocycles. The molecule has 0 bridgehead atoms. The predicted molar refractivity (Wildman–Crippen MR) is 279 cm³/mol. The van der Waals surface area contributed by atoms with E-state index in [2.05, 4.69) is 27.7 Å². The Bertz CT molecular complexity index is 2180. The molecule has 37 atom stereocenters. The lowest BCUT2D eigenvalue weighted by Crippen LogP contribution is -2.69. The van der Waals surface area contributed by atoms with Crippen LogP contribution in [-0.2, 0) is 56.8 Å². The highest BCUT2D eigenvalue weighted by Crippen LogP contribution is 2.71. The van der Waals surface area contributed by atoms with Crippen LogP contribution in [0.25, 0.3) is 0 Å².